The summed E-state index contributed by atoms with van der Waals surface area (Å²) < 4.78 is 2.08. The zero-order chi connectivity index (χ0) is 35.7. The van der Waals surface area contributed by atoms with Crippen LogP contribution in [0.5, 0.6) is 0 Å². The molecule has 1 aromatic heterocycles. The van der Waals surface area contributed by atoms with Gasteiger partial charge in [-0.05, 0) is 89.5 Å². The standard InChI is InChI=1S/C20H20N2O2.C19H21N3O.C2H6/c1-13-9-10-15(21)11-18(13)20(24)22-19(12-23)17-8-4-6-14-5-2-3-7-16(14)17;1-12-7-8-15(20)11-17(12)19(23)21-13(2)16-6-4-5-14-9-10-22(3)18(14)16;1-2/h2-11,19,23H,12,21H2,1H3,(H,22,24);4-11,13H,20H2,1-3H3,(H,21,23);1-2H3. The number of aromatic nitrogens is 1. The molecule has 0 spiro atoms. The van der Waals surface area contributed by atoms with E-state index in [1.807, 2.05) is 109 Å². The maximum atomic E-state index is 12.6. The van der Waals surface area contributed by atoms with Crippen molar-refractivity contribution in [2.75, 3.05) is 18.1 Å². The summed E-state index contributed by atoms with van der Waals surface area (Å²) in [5, 5.41) is 19.1. The van der Waals surface area contributed by atoms with Crippen LogP contribution in [-0.4, -0.2) is 28.1 Å². The number of nitrogens with two attached hydrogens (primary N) is 2. The highest BCUT2D eigenvalue weighted by atomic mass is 16.3. The number of hydrogen-bond donors (Lipinski definition) is 5. The Bertz CT molecular complexity index is 2060. The van der Waals surface area contributed by atoms with Crippen molar-refractivity contribution < 1.29 is 14.7 Å². The zero-order valence-corrected chi connectivity index (χ0v) is 29.1. The van der Waals surface area contributed by atoms with Crippen LogP contribution >= 0.6 is 0 Å². The molecule has 7 N–H and O–H groups in total. The van der Waals surface area contributed by atoms with Crippen LogP contribution in [0.2, 0.25) is 0 Å². The van der Waals surface area contributed by atoms with Gasteiger partial charge in [-0.2, -0.15) is 0 Å². The lowest BCUT2D eigenvalue weighted by atomic mass is 9.98. The Morgan fingerprint density at radius 2 is 1.24 bits per heavy atom. The Balaban J connectivity index is 0.000000210. The van der Waals surface area contributed by atoms with Crippen molar-refractivity contribution in [3.63, 3.8) is 0 Å². The van der Waals surface area contributed by atoms with Crippen LogP contribution in [0, 0.1) is 13.8 Å². The minimum Gasteiger partial charge on any atom is -0.399 e. The number of nitrogens with one attached hydrogen (secondary N) is 2. The quantitative estimate of drug-likeness (QED) is 0.112. The van der Waals surface area contributed by atoms with Crippen molar-refractivity contribution in [2.45, 2.75) is 46.7 Å². The molecule has 0 radical (unpaired) electrons. The highest BCUT2D eigenvalue weighted by molar-refractivity contribution is 5.98. The number of aliphatic hydroxyl groups is 1. The van der Waals surface area contributed by atoms with Gasteiger partial charge in [-0.25, -0.2) is 0 Å². The molecule has 254 valence electrons. The highest BCUT2D eigenvalue weighted by Gasteiger charge is 2.19. The minimum absolute atomic E-state index is 0.0966. The fraction of sp³-hybridized carbons (Fsp3) is 0.220. The number of anilines is 2. The van der Waals surface area contributed by atoms with Crippen molar-refractivity contribution in [3.8, 4) is 0 Å². The van der Waals surface area contributed by atoms with Crippen molar-refractivity contribution in [1.29, 1.82) is 0 Å². The Morgan fingerprint density at radius 1 is 0.714 bits per heavy atom. The number of nitrogen functional groups attached to an aromatic ring is 2. The largest absolute Gasteiger partial charge is 0.399 e. The Labute approximate surface area is 288 Å². The summed E-state index contributed by atoms with van der Waals surface area (Å²) in [5.74, 6) is -0.347. The van der Waals surface area contributed by atoms with Crippen molar-refractivity contribution in [2.24, 2.45) is 7.05 Å². The molecule has 0 fully saturated rings. The first-order valence-electron chi connectivity index (χ1n) is 16.5. The third-order valence-corrected chi connectivity index (χ3v) is 8.44. The number of hydrogen-bond acceptors (Lipinski definition) is 5. The van der Waals surface area contributed by atoms with E-state index in [-0.39, 0.29) is 24.5 Å². The van der Waals surface area contributed by atoms with Crippen molar-refractivity contribution in [3.05, 3.63) is 143 Å². The molecule has 0 aliphatic heterocycles. The van der Waals surface area contributed by atoms with Crippen LogP contribution in [0.4, 0.5) is 11.4 Å². The smallest absolute Gasteiger partial charge is 0.252 e. The van der Waals surface area contributed by atoms with Gasteiger partial charge in [-0.15, -0.1) is 0 Å². The molecule has 0 saturated carbocycles. The zero-order valence-electron chi connectivity index (χ0n) is 29.1. The fourth-order valence-corrected chi connectivity index (χ4v) is 5.87. The number of rotatable bonds is 7. The molecule has 2 atom stereocenters. The van der Waals surface area contributed by atoms with Gasteiger partial charge >= 0.3 is 0 Å². The van der Waals surface area contributed by atoms with E-state index in [4.69, 9.17) is 11.5 Å². The molecular weight excluding hydrogens is 610 g/mol. The summed E-state index contributed by atoms with van der Waals surface area (Å²) in [4.78, 5) is 25.2. The second-order valence-corrected chi connectivity index (χ2v) is 11.8. The molecule has 8 nitrogen and oxygen atoms in total. The van der Waals surface area contributed by atoms with E-state index in [1.165, 1.54) is 5.39 Å². The highest BCUT2D eigenvalue weighted by Crippen LogP contribution is 2.26. The molecule has 8 heteroatoms. The molecule has 0 aliphatic carbocycles. The fourth-order valence-electron chi connectivity index (χ4n) is 5.87. The van der Waals surface area contributed by atoms with E-state index in [0.29, 0.717) is 22.5 Å². The number of carbonyl (C=O) groups excluding carboxylic acids is 2. The molecule has 2 amide bonds. The lowest BCUT2D eigenvalue weighted by molar-refractivity contribution is 0.0913. The number of amides is 2. The average Bonchev–Trinajstić information content (AvgIpc) is 3.50. The van der Waals surface area contributed by atoms with Crippen LogP contribution in [-0.2, 0) is 7.05 Å². The van der Waals surface area contributed by atoms with E-state index in [2.05, 4.69) is 33.4 Å². The molecule has 2 unspecified atom stereocenters. The number of benzene rings is 5. The third-order valence-electron chi connectivity index (χ3n) is 8.44. The van der Waals surface area contributed by atoms with Crippen LogP contribution in [0.15, 0.2) is 109 Å². The molecule has 0 saturated heterocycles. The Hall–Kier alpha value is -5.60. The molecule has 5 aromatic carbocycles. The molecular formula is C41H47N5O3. The minimum atomic E-state index is -0.482. The predicted octanol–water partition coefficient (Wildman–Crippen LogP) is 7.78. The molecule has 49 heavy (non-hydrogen) atoms. The molecule has 6 aromatic rings. The first kappa shape index (κ1) is 36.2. The van der Waals surface area contributed by atoms with Gasteiger partial charge < -0.3 is 31.8 Å². The first-order chi connectivity index (χ1) is 23.6. The monoisotopic (exact) mass is 657 g/mol. The van der Waals surface area contributed by atoms with Crippen LogP contribution in [0.3, 0.4) is 0 Å². The summed E-state index contributed by atoms with van der Waals surface area (Å²) in [6.07, 6.45) is 2.03. The summed E-state index contributed by atoms with van der Waals surface area (Å²) in [5.41, 5.74) is 18.8. The number of aliphatic hydroxyl groups excluding tert-OH is 1. The van der Waals surface area contributed by atoms with E-state index in [9.17, 15) is 14.7 Å². The van der Waals surface area contributed by atoms with Gasteiger partial charge in [0.05, 0.1) is 24.2 Å². The normalized spacial score (nSPS) is 11.8. The number of carbonyl (C=O) groups is 2. The van der Waals surface area contributed by atoms with Gasteiger partial charge in [0.15, 0.2) is 0 Å². The van der Waals surface area contributed by atoms with E-state index in [0.717, 1.165) is 38.5 Å². The van der Waals surface area contributed by atoms with Gasteiger partial charge in [-0.3, -0.25) is 9.59 Å². The van der Waals surface area contributed by atoms with Crippen LogP contribution in [0.1, 0.15) is 75.8 Å². The Kier molecular flexibility index (Phi) is 12.2. The molecule has 1 heterocycles. The molecule has 0 aliphatic rings. The summed E-state index contributed by atoms with van der Waals surface area (Å²) in [6.45, 7) is 9.60. The second-order valence-electron chi connectivity index (χ2n) is 11.8. The average molecular weight is 658 g/mol. The maximum Gasteiger partial charge on any atom is 0.252 e. The number of para-hydroxylation sites is 1. The van der Waals surface area contributed by atoms with Crippen molar-refractivity contribution >= 4 is 44.9 Å². The lowest BCUT2D eigenvalue weighted by Gasteiger charge is -2.19. The summed E-state index contributed by atoms with van der Waals surface area (Å²) in [7, 11) is 2.02. The second kappa shape index (κ2) is 16.5. The first-order valence-corrected chi connectivity index (χ1v) is 16.5. The third kappa shape index (κ3) is 8.47. The number of aryl methyl sites for hydroxylation is 3. The molecule has 6 rings (SSSR count). The number of nitrogens with zero attached hydrogens (tertiary/aromatic N) is 1. The van der Waals surface area contributed by atoms with E-state index in [1.54, 1.807) is 24.3 Å². The lowest BCUT2D eigenvalue weighted by Crippen LogP contribution is -2.31. The van der Waals surface area contributed by atoms with Crippen molar-refractivity contribution in [1.82, 2.24) is 15.2 Å². The van der Waals surface area contributed by atoms with E-state index >= 15 is 0 Å². The summed E-state index contributed by atoms with van der Waals surface area (Å²) >= 11 is 0. The van der Waals surface area contributed by atoms with Crippen LogP contribution < -0.4 is 22.1 Å². The molecule has 0 bridgehead atoms. The number of fused-ring (bicyclic) bond motifs is 2. The van der Waals surface area contributed by atoms with Gasteiger partial charge in [0.2, 0.25) is 0 Å². The van der Waals surface area contributed by atoms with Gasteiger partial charge in [-0.1, -0.05) is 86.6 Å². The van der Waals surface area contributed by atoms with E-state index < -0.39 is 6.04 Å². The maximum absolute atomic E-state index is 12.6. The van der Waals surface area contributed by atoms with Crippen LogP contribution in [0.25, 0.3) is 21.7 Å². The topological polar surface area (TPSA) is 135 Å². The van der Waals surface area contributed by atoms with Gasteiger partial charge in [0.25, 0.3) is 11.8 Å². The predicted molar refractivity (Wildman–Crippen MR) is 203 cm³/mol. The Morgan fingerprint density at radius 3 is 1.86 bits per heavy atom. The SMILES string of the molecule is CC.Cc1ccc(N)cc1C(=O)NC(C)c1cccc2ccn(C)c12.Cc1ccc(N)cc1C(=O)NC(CO)c1cccc2ccccc12. The van der Waals surface area contributed by atoms with Gasteiger partial charge in [0, 0.05) is 35.7 Å². The van der Waals surface area contributed by atoms with Gasteiger partial charge in [0.1, 0.15) is 0 Å². The summed E-state index contributed by atoms with van der Waals surface area (Å²) in [6, 6.07) is 32.1.